The Morgan fingerprint density at radius 1 is 1.60 bits per heavy atom. The van der Waals surface area contributed by atoms with Gasteiger partial charge in [0.25, 0.3) is 0 Å². The Balaban J connectivity index is 0. The van der Waals surface area contributed by atoms with Crippen LogP contribution in [0.3, 0.4) is 0 Å². The van der Waals surface area contributed by atoms with Crippen LogP contribution in [0.25, 0.3) is 0 Å². The normalized spacial score (nSPS) is 8.30. The molecule has 0 radical (unpaired) electrons. The average molecular weight is 518 g/mol. The summed E-state index contributed by atoms with van der Waals surface area (Å²) >= 11 is 7.43. The first kappa shape index (κ1) is 14.4. The predicted octanol–water partition coefficient (Wildman–Crippen LogP) is 3.81. The molecule has 0 aliphatic rings. The fourth-order valence-electron chi connectivity index (χ4n) is 0.372. The molecule has 0 N–H and O–H groups in total. The molecule has 0 aromatic rings. The second-order valence-electron chi connectivity index (χ2n) is 1.47. The Morgan fingerprint density at radius 3 is 2.40 bits per heavy atom. The van der Waals surface area contributed by atoms with Crippen molar-refractivity contribution in [3.63, 3.8) is 0 Å². The summed E-state index contributed by atoms with van der Waals surface area (Å²) in [5.74, 6) is 2.27. The molecule has 0 heterocycles. The van der Waals surface area contributed by atoms with E-state index < -0.39 is 0 Å². The van der Waals surface area contributed by atoms with E-state index in [9.17, 15) is 0 Å². The third-order valence-corrected chi connectivity index (χ3v) is 2.22. The molecular formula is C6H12Br2PtSe. The Morgan fingerprint density at radius 2 is 2.10 bits per heavy atom. The molecule has 0 amide bonds. The van der Waals surface area contributed by atoms with Gasteiger partial charge in [-0.3, -0.25) is 0 Å². The first-order chi connectivity index (χ1) is 4.83. The van der Waals surface area contributed by atoms with Crippen LogP contribution in [0.4, 0.5) is 0 Å². The van der Waals surface area contributed by atoms with Gasteiger partial charge < -0.3 is 0 Å². The average Bonchev–Trinajstić information content (AvgIpc) is 1.91. The summed E-state index contributed by atoms with van der Waals surface area (Å²) in [5.41, 5.74) is 0. The number of hydrogen-bond acceptors (Lipinski definition) is 0. The standard InChI is InChI=1S/C6H12Se.2BrH.Pt/c1-3-4-5-6-7-2;;;/h3H,1,4-6H2,2H3;2*1H;/q;;;+2/p-2. The van der Waals surface area contributed by atoms with Crippen molar-refractivity contribution in [2.24, 2.45) is 0 Å². The molecule has 66 valence electrons. The van der Waals surface area contributed by atoms with E-state index in [1.165, 1.54) is 18.2 Å². The molecule has 0 saturated heterocycles. The fourth-order valence-corrected chi connectivity index (χ4v) is 1.33. The van der Waals surface area contributed by atoms with Crippen molar-refractivity contribution in [2.75, 3.05) is 0 Å². The van der Waals surface area contributed by atoms with Gasteiger partial charge in [0.05, 0.1) is 0 Å². The molecule has 0 spiro atoms. The maximum atomic E-state index is 3.64. The SMILES string of the molecule is C=CCCC[Se]C.[Br][Pt][Br]. The molecule has 0 atom stereocenters. The Kier molecular flexibility index (Phi) is 24.7. The van der Waals surface area contributed by atoms with Gasteiger partial charge in [0.15, 0.2) is 0 Å². The van der Waals surface area contributed by atoms with Crippen LogP contribution in [-0.2, 0) is 14.5 Å². The maximum absolute atomic E-state index is 3.64. The number of rotatable bonds is 4. The van der Waals surface area contributed by atoms with Crippen molar-refractivity contribution >= 4 is 41.6 Å². The molecule has 0 bridgehead atoms. The van der Waals surface area contributed by atoms with E-state index in [-0.39, 0.29) is 14.5 Å². The van der Waals surface area contributed by atoms with Crippen molar-refractivity contribution in [2.45, 2.75) is 24.0 Å². The van der Waals surface area contributed by atoms with Crippen LogP contribution < -0.4 is 0 Å². The number of allylic oxidation sites excluding steroid dienone is 1. The fraction of sp³-hybridized carbons (Fsp3) is 0.667. The van der Waals surface area contributed by atoms with Gasteiger partial charge in [-0.2, -0.15) is 0 Å². The van der Waals surface area contributed by atoms with E-state index in [2.05, 4.69) is 39.0 Å². The molecule has 0 aliphatic heterocycles. The van der Waals surface area contributed by atoms with Gasteiger partial charge in [-0.15, -0.1) is 0 Å². The number of hydrogen-bond donors (Lipinski definition) is 0. The van der Waals surface area contributed by atoms with Crippen LogP contribution in [0.15, 0.2) is 12.7 Å². The van der Waals surface area contributed by atoms with Crippen molar-refractivity contribution in [3.05, 3.63) is 12.7 Å². The third-order valence-electron chi connectivity index (χ3n) is 0.757. The predicted molar refractivity (Wildman–Crippen MR) is 53.7 cm³/mol. The van der Waals surface area contributed by atoms with Gasteiger partial charge in [0.2, 0.25) is 0 Å². The zero-order chi connectivity index (χ0) is 8.24. The summed E-state index contributed by atoms with van der Waals surface area (Å²) in [6, 6.07) is 0. The molecular weight excluding hydrogens is 506 g/mol. The van der Waals surface area contributed by atoms with E-state index in [1.54, 1.807) is 0 Å². The van der Waals surface area contributed by atoms with E-state index in [1.807, 2.05) is 6.08 Å². The van der Waals surface area contributed by atoms with Crippen LogP contribution in [0, 0.1) is 0 Å². The van der Waals surface area contributed by atoms with E-state index >= 15 is 0 Å². The topological polar surface area (TPSA) is 0 Å². The second-order valence-corrected chi connectivity index (χ2v) is 13.5. The summed E-state index contributed by atoms with van der Waals surface area (Å²) in [6.07, 6.45) is 4.54. The molecule has 0 fully saturated rings. The molecule has 0 aliphatic carbocycles. The molecule has 0 aromatic carbocycles. The Labute approximate surface area is 91.6 Å². The summed E-state index contributed by atoms with van der Waals surface area (Å²) in [5, 5.41) is 1.42. The summed E-state index contributed by atoms with van der Waals surface area (Å²) in [6.45, 7) is 3.64. The first-order valence-corrected chi connectivity index (χ1v) is 15.6. The van der Waals surface area contributed by atoms with E-state index in [0.717, 1.165) is 15.0 Å². The van der Waals surface area contributed by atoms with Gasteiger partial charge in [-0.25, -0.2) is 0 Å². The molecule has 0 unspecified atom stereocenters. The van der Waals surface area contributed by atoms with Gasteiger partial charge in [-0.1, -0.05) is 0 Å². The van der Waals surface area contributed by atoms with Gasteiger partial charge in [-0.05, 0) is 0 Å². The summed E-state index contributed by atoms with van der Waals surface area (Å²) in [4.78, 5) is 0. The van der Waals surface area contributed by atoms with Crippen molar-refractivity contribution in [3.8, 4) is 0 Å². The first-order valence-electron chi connectivity index (χ1n) is 2.75. The Bertz CT molecular complexity index is 61.7. The summed E-state index contributed by atoms with van der Waals surface area (Å²) in [7, 11) is 0. The minimum atomic E-state index is 0.208. The summed E-state index contributed by atoms with van der Waals surface area (Å²) < 4.78 is 0. The molecule has 0 rings (SSSR count). The van der Waals surface area contributed by atoms with Crippen LogP contribution in [0.2, 0.25) is 11.1 Å². The Hall–Kier alpha value is 1.91. The van der Waals surface area contributed by atoms with Crippen molar-refractivity contribution in [1.82, 2.24) is 0 Å². The molecule has 0 nitrogen and oxygen atoms in total. The van der Waals surface area contributed by atoms with Gasteiger partial charge in [0.1, 0.15) is 0 Å². The quantitative estimate of drug-likeness (QED) is 0.302. The van der Waals surface area contributed by atoms with Gasteiger partial charge >= 0.3 is 92.6 Å². The monoisotopic (exact) mass is 517 g/mol. The van der Waals surface area contributed by atoms with Crippen molar-refractivity contribution in [1.29, 1.82) is 0 Å². The minimum absolute atomic E-state index is 0.208. The van der Waals surface area contributed by atoms with Crippen molar-refractivity contribution < 1.29 is 14.5 Å². The van der Waals surface area contributed by atoms with Crippen LogP contribution >= 0.6 is 26.6 Å². The zero-order valence-electron chi connectivity index (χ0n) is 5.89. The van der Waals surface area contributed by atoms with E-state index in [4.69, 9.17) is 0 Å². The van der Waals surface area contributed by atoms with Crippen LogP contribution in [-0.4, -0.2) is 15.0 Å². The van der Waals surface area contributed by atoms with Crippen LogP contribution in [0.1, 0.15) is 12.8 Å². The number of halogens is 2. The third kappa shape index (κ3) is 22.5. The van der Waals surface area contributed by atoms with E-state index in [0.29, 0.717) is 0 Å². The molecule has 0 aromatic heterocycles. The molecule has 0 saturated carbocycles. The van der Waals surface area contributed by atoms with Gasteiger partial charge in [0, 0.05) is 0 Å². The number of unbranched alkanes of at least 4 members (excludes halogenated alkanes) is 1. The second kappa shape index (κ2) is 17.1. The van der Waals surface area contributed by atoms with Crippen LogP contribution in [0.5, 0.6) is 0 Å². The molecule has 10 heavy (non-hydrogen) atoms. The molecule has 4 heteroatoms. The zero-order valence-corrected chi connectivity index (χ0v) is 13.0.